The quantitative estimate of drug-likeness (QED) is 0.780. The van der Waals surface area contributed by atoms with Crippen LogP contribution < -0.4 is 0 Å². The zero-order valence-corrected chi connectivity index (χ0v) is 11.9. The van der Waals surface area contributed by atoms with Gasteiger partial charge in [0.1, 0.15) is 0 Å². The van der Waals surface area contributed by atoms with Crippen molar-refractivity contribution in [2.45, 2.75) is 6.42 Å². The average molecular weight is 309 g/mol. The Balaban J connectivity index is 1.72. The third-order valence-corrected chi connectivity index (χ3v) is 3.89. The van der Waals surface area contributed by atoms with Gasteiger partial charge in [-0.25, -0.2) is 0 Å². The van der Waals surface area contributed by atoms with Gasteiger partial charge in [0, 0.05) is 41.7 Å². The molecule has 3 aliphatic rings. The second-order valence-corrected chi connectivity index (χ2v) is 5.58. The van der Waals surface area contributed by atoms with Crippen molar-refractivity contribution in [1.29, 1.82) is 0 Å². The molecule has 0 aliphatic carbocycles. The standard InChI is InChI=1S/C14H17BrN2O/c15-12-4-5-13-2-1-3-14(17(13)10-12)11-16-6-8-18-9-7-16/h2-5,10H,1,6-9,11H2. The van der Waals surface area contributed by atoms with E-state index in [4.69, 9.17) is 4.74 Å². The van der Waals surface area contributed by atoms with Gasteiger partial charge in [0.25, 0.3) is 0 Å². The second kappa shape index (κ2) is 5.43. The summed E-state index contributed by atoms with van der Waals surface area (Å²) in [7, 11) is 0. The predicted octanol–water partition coefficient (Wildman–Crippen LogP) is 2.60. The smallest absolute Gasteiger partial charge is 0.0594 e. The molecular weight excluding hydrogens is 292 g/mol. The first-order valence-electron chi connectivity index (χ1n) is 6.37. The largest absolute Gasteiger partial charge is 0.379 e. The van der Waals surface area contributed by atoms with Crippen molar-refractivity contribution in [1.82, 2.24) is 9.80 Å². The van der Waals surface area contributed by atoms with Crippen molar-refractivity contribution in [3.63, 3.8) is 0 Å². The van der Waals surface area contributed by atoms with Crippen molar-refractivity contribution in [3.05, 3.63) is 46.4 Å². The zero-order chi connectivity index (χ0) is 12.4. The van der Waals surface area contributed by atoms with Crippen LogP contribution in [-0.2, 0) is 4.74 Å². The van der Waals surface area contributed by atoms with Gasteiger partial charge in [-0.3, -0.25) is 4.90 Å². The number of ether oxygens (including phenoxy) is 1. The van der Waals surface area contributed by atoms with E-state index in [1.54, 1.807) is 0 Å². The normalized spacial score (nSPS) is 24.3. The molecule has 96 valence electrons. The number of rotatable bonds is 2. The third kappa shape index (κ3) is 2.60. The predicted molar refractivity (Wildman–Crippen MR) is 76.0 cm³/mol. The maximum Gasteiger partial charge on any atom is 0.0594 e. The van der Waals surface area contributed by atoms with E-state index in [9.17, 15) is 0 Å². The highest BCUT2D eigenvalue weighted by Gasteiger charge is 2.20. The molecule has 0 radical (unpaired) electrons. The van der Waals surface area contributed by atoms with Crippen LogP contribution in [0.1, 0.15) is 6.42 Å². The molecule has 0 bridgehead atoms. The highest BCUT2D eigenvalue weighted by molar-refractivity contribution is 9.11. The van der Waals surface area contributed by atoms with Crippen LogP contribution >= 0.6 is 15.9 Å². The fourth-order valence-corrected chi connectivity index (χ4v) is 2.78. The Labute approximate surface area is 116 Å². The van der Waals surface area contributed by atoms with Crippen LogP contribution in [0.25, 0.3) is 0 Å². The van der Waals surface area contributed by atoms with E-state index < -0.39 is 0 Å². The summed E-state index contributed by atoms with van der Waals surface area (Å²) in [5, 5.41) is 0. The lowest BCUT2D eigenvalue weighted by Gasteiger charge is -2.34. The first-order chi connectivity index (χ1) is 8.83. The van der Waals surface area contributed by atoms with Crippen LogP contribution in [-0.4, -0.2) is 42.6 Å². The molecule has 4 heteroatoms. The number of halogens is 1. The molecule has 0 unspecified atom stereocenters. The molecular formula is C14H17BrN2O. The van der Waals surface area contributed by atoms with Crippen molar-refractivity contribution < 1.29 is 4.74 Å². The SMILES string of the molecule is BrC1=CN2C(=CCC=C2CN2CCOCC2)C=C1. The number of fused-ring (bicyclic) bond motifs is 1. The van der Waals surface area contributed by atoms with E-state index in [2.05, 4.69) is 56.2 Å². The Morgan fingerprint density at radius 1 is 1.17 bits per heavy atom. The average Bonchev–Trinajstić information content (AvgIpc) is 2.41. The van der Waals surface area contributed by atoms with Gasteiger partial charge < -0.3 is 9.64 Å². The highest BCUT2D eigenvalue weighted by atomic mass is 79.9. The van der Waals surface area contributed by atoms with E-state index in [0.29, 0.717) is 0 Å². The van der Waals surface area contributed by atoms with E-state index in [0.717, 1.165) is 43.8 Å². The monoisotopic (exact) mass is 308 g/mol. The molecule has 0 aromatic carbocycles. The first-order valence-corrected chi connectivity index (χ1v) is 7.16. The Bertz CT molecular complexity index is 445. The summed E-state index contributed by atoms with van der Waals surface area (Å²) in [6.07, 6.45) is 12.0. The number of hydrogen-bond acceptors (Lipinski definition) is 3. The molecule has 3 aliphatic heterocycles. The molecule has 3 rings (SSSR count). The maximum absolute atomic E-state index is 5.40. The molecule has 0 aromatic rings. The van der Waals surface area contributed by atoms with E-state index >= 15 is 0 Å². The molecule has 3 heterocycles. The summed E-state index contributed by atoms with van der Waals surface area (Å²) in [6.45, 7) is 4.78. The topological polar surface area (TPSA) is 15.7 Å². The van der Waals surface area contributed by atoms with Gasteiger partial charge in [0.05, 0.1) is 13.2 Å². The highest BCUT2D eigenvalue weighted by Crippen LogP contribution is 2.28. The van der Waals surface area contributed by atoms with E-state index in [1.807, 2.05) is 0 Å². The molecule has 0 spiro atoms. The van der Waals surface area contributed by atoms with Crippen molar-refractivity contribution >= 4 is 15.9 Å². The summed E-state index contributed by atoms with van der Waals surface area (Å²) in [5.41, 5.74) is 2.65. The Kier molecular flexibility index (Phi) is 3.68. The lowest BCUT2D eigenvalue weighted by atomic mass is 10.1. The van der Waals surface area contributed by atoms with Gasteiger partial charge in [0.2, 0.25) is 0 Å². The van der Waals surface area contributed by atoms with Gasteiger partial charge in [-0.15, -0.1) is 0 Å². The lowest BCUT2D eigenvalue weighted by molar-refractivity contribution is 0.0403. The minimum Gasteiger partial charge on any atom is -0.379 e. The third-order valence-electron chi connectivity index (χ3n) is 3.42. The summed E-state index contributed by atoms with van der Waals surface area (Å²) >= 11 is 3.55. The van der Waals surface area contributed by atoms with Crippen molar-refractivity contribution in [2.75, 3.05) is 32.8 Å². The molecule has 18 heavy (non-hydrogen) atoms. The van der Waals surface area contributed by atoms with Gasteiger partial charge in [-0.1, -0.05) is 12.2 Å². The van der Waals surface area contributed by atoms with Crippen LogP contribution in [0.15, 0.2) is 46.4 Å². The van der Waals surface area contributed by atoms with Gasteiger partial charge >= 0.3 is 0 Å². The molecule has 0 aromatic heterocycles. The van der Waals surface area contributed by atoms with Crippen LogP contribution in [0.4, 0.5) is 0 Å². The van der Waals surface area contributed by atoms with Crippen LogP contribution in [0.5, 0.6) is 0 Å². The fourth-order valence-electron chi connectivity index (χ4n) is 2.44. The number of hydrogen-bond donors (Lipinski definition) is 0. The summed E-state index contributed by atoms with van der Waals surface area (Å²) in [4.78, 5) is 4.74. The van der Waals surface area contributed by atoms with E-state index in [-0.39, 0.29) is 0 Å². The minimum absolute atomic E-state index is 0.857. The molecule has 0 saturated carbocycles. The minimum atomic E-state index is 0.857. The molecule has 1 saturated heterocycles. The Hall–Kier alpha value is -0.840. The fraction of sp³-hybridized carbons (Fsp3) is 0.429. The summed E-state index contributed by atoms with van der Waals surface area (Å²) < 4.78 is 6.52. The number of allylic oxidation sites excluding steroid dienone is 5. The maximum atomic E-state index is 5.40. The molecule has 0 amide bonds. The first kappa shape index (κ1) is 12.2. The van der Waals surface area contributed by atoms with Crippen LogP contribution in [0, 0.1) is 0 Å². The zero-order valence-electron chi connectivity index (χ0n) is 10.3. The molecule has 3 nitrogen and oxygen atoms in total. The Morgan fingerprint density at radius 2 is 2.00 bits per heavy atom. The van der Waals surface area contributed by atoms with Gasteiger partial charge in [-0.05, 0) is 34.5 Å². The number of nitrogens with zero attached hydrogens (tertiary/aromatic N) is 2. The van der Waals surface area contributed by atoms with Crippen molar-refractivity contribution in [2.24, 2.45) is 0 Å². The van der Waals surface area contributed by atoms with Crippen LogP contribution in [0.3, 0.4) is 0 Å². The molecule has 0 atom stereocenters. The molecule has 0 N–H and O–H groups in total. The van der Waals surface area contributed by atoms with Crippen LogP contribution in [0.2, 0.25) is 0 Å². The Morgan fingerprint density at radius 3 is 2.83 bits per heavy atom. The van der Waals surface area contributed by atoms with E-state index in [1.165, 1.54) is 11.4 Å². The molecule has 1 fully saturated rings. The summed E-state index contributed by atoms with van der Waals surface area (Å²) in [5.74, 6) is 0. The van der Waals surface area contributed by atoms with Crippen molar-refractivity contribution in [3.8, 4) is 0 Å². The van der Waals surface area contributed by atoms with Gasteiger partial charge in [-0.2, -0.15) is 0 Å². The number of morpholine rings is 1. The summed E-state index contributed by atoms with van der Waals surface area (Å²) in [6, 6.07) is 0. The lowest BCUT2D eigenvalue weighted by Crippen LogP contribution is -2.39. The second-order valence-electron chi connectivity index (χ2n) is 4.67. The van der Waals surface area contributed by atoms with Gasteiger partial charge in [0.15, 0.2) is 0 Å².